The summed E-state index contributed by atoms with van der Waals surface area (Å²) >= 11 is 6.23. The molecule has 1 saturated heterocycles. The number of amides is 2. The van der Waals surface area contributed by atoms with E-state index in [1.807, 2.05) is 31.2 Å². The van der Waals surface area contributed by atoms with Gasteiger partial charge in [0.2, 0.25) is 11.8 Å². The van der Waals surface area contributed by atoms with Crippen LogP contribution in [0, 0.1) is 5.92 Å². The van der Waals surface area contributed by atoms with E-state index in [2.05, 4.69) is 20.6 Å². The maximum absolute atomic E-state index is 12.5. The number of nitrogens with one attached hydrogen (secondary N) is 2. The van der Waals surface area contributed by atoms with Gasteiger partial charge in [0.25, 0.3) is 0 Å². The van der Waals surface area contributed by atoms with E-state index in [0.717, 1.165) is 44.5 Å². The van der Waals surface area contributed by atoms with Crippen LogP contribution in [0.1, 0.15) is 31.7 Å². The molecule has 2 aromatic rings. The molecular formula is C21H28ClN5O2. The summed E-state index contributed by atoms with van der Waals surface area (Å²) in [5.41, 5.74) is 0.941. The van der Waals surface area contributed by atoms with Crippen molar-refractivity contribution in [2.75, 3.05) is 31.5 Å². The second kappa shape index (κ2) is 10.4. The van der Waals surface area contributed by atoms with Gasteiger partial charge in [0, 0.05) is 23.6 Å². The van der Waals surface area contributed by atoms with E-state index >= 15 is 0 Å². The summed E-state index contributed by atoms with van der Waals surface area (Å²) < 4.78 is 1.73. The molecule has 2 amide bonds. The summed E-state index contributed by atoms with van der Waals surface area (Å²) in [5.74, 6) is 0.751. The lowest BCUT2D eigenvalue weighted by molar-refractivity contribution is -0.126. The Morgan fingerprint density at radius 3 is 2.69 bits per heavy atom. The Balaban J connectivity index is 1.48. The molecule has 7 nitrogen and oxygen atoms in total. The van der Waals surface area contributed by atoms with Crippen LogP contribution >= 0.6 is 11.6 Å². The SMILES string of the molecule is CCCNC(=O)C1CCN(CC(=O)Nc2ccnn2Cc2ccccc2Cl)CC1. The van der Waals surface area contributed by atoms with Gasteiger partial charge in [-0.25, -0.2) is 4.68 Å². The first-order valence-corrected chi connectivity index (χ1v) is 10.5. The smallest absolute Gasteiger partial charge is 0.239 e. The van der Waals surface area contributed by atoms with Crippen LogP contribution in [0.3, 0.4) is 0 Å². The first-order chi connectivity index (χ1) is 14.1. The number of likely N-dealkylation sites (tertiary alicyclic amines) is 1. The minimum atomic E-state index is -0.0835. The Morgan fingerprint density at radius 2 is 1.97 bits per heavy atom. The fraction of sp³-hybridized carbons (Fsp3) is 0.476. The molecule has 8 heteroatoms. The number of aromatic nitrogens is 2. The quantitative estimate of drug-likeness (QED) is 0.692. The predicted octanol–water partition coefficient (Wildman–Crippen LogP) is 2.76. The van der Waals surface area contributed by atoms with Crippen molar-refractivity contribution in [3.05, 3.63) is 47.1 Å². The maximum Gasteiger partial charge on any atom is 0.239 e. The molecule has 2 heterocycles. The van der Waals surface area contributed by atoms with Gasteiger partial charge in [-0.1, -0.05) is 36.7 Å². The molecule has 1 aliphatic rings. The third-order valence-electron chi connectivity index (χ3n) is 5.14. The number of hydrogen-bond acceptors (Lipinski definition) is 4. The third-order valence-corrected chi connectivity index (χ3v) is 5.51. The Labute approximate surface area is 176 Å². The van der Waals surface area contributed by atoms with Crippen molar-refractivity contribution in [3.8, 4) is 0 Å². The first-order valence-electron chi connectivity index (χ1n) is 10.1. The molecule has 0 saturated carbocycles. The summed E-state index contributed by atoms with van der Waals surface area (Å²) in [4.78, 5) is 26.7. The zero-order valence-corrected chi connectivity index (χ0v) is 17.5. The van der Waals surface area contributed by atoms with Crippen molar-refractivity contribution in [1.29, 1.82) is 0 Å². The molecule has 1 aromatic carbocycles. The second-order valence-electron chi connectivity index (χ2n) is 7.36. The van der Waals surface area contributed by atoms with Gasteiger partial charge in [-0.2, -0.15) is 5.10 Å². The molecule has 29 heavy (non-hydrogen) atoms. The molecule has 1 aliphatic heterocycles. The number of nitrogens with zero attached hydrogens (tertiary/aromatic N) is 3. The van der Waals surface area contributed by atoms with E-state index in [4.69, 9.17) is 11.6 Å². The van der Waals surface area contributed by atoms with Crippen LogP contribution in [0.25, 0.3) is 0 Å². The van der Waals surface area contributed by atoms with E-state index in [0.29, 0.717) is 23.9 Å². The van der Waals surface area contributed by atoms with Crippen LogP contribution in [0.2, 0.25) is 5.02 Å². The van der Waals surface area contributed by atoms with Crippen molar-refractivity contribution < 1.29 is 9.59 Å². The summed E-state index contributed by atoms with van der Waals surface area (Å²) in [6.45, 7) is 5.05. The van der Waals surface area contributed by atoms with Gasteiger partial charge >= 0.3 is 0 Å². The first kappa shape index (κ1) is 21.3. The van der Waals surface area contributed by atoms with Crippen molar-refractivity contribution in [2.45, 2.75) is 32.7 Å². The topological polar surface area (TPSA) is 79.3 Å². The molecule has 3 rings (SSSR count). The van der Waals surface area contributed by atoms with Crippen LogP contribution in [0.15, 0.2) is 36.5 Å². The lowest BCUT2D eigenvalue weighted by atomic mass is 9.96. The minimum absolute atomic E-state index is 0.0536. The van der Waals surface area contributed by atoms with Crippen molar-refractivity contribution in [1.82, 2.24) is 20.0 Å². The van der Waals surface area contributed by atoms with E-state index in [1.54, 1.807) is 16.9 Å². The van der Waals surface area contributed by atoms with Crippen LogP contribution in [0.5, 0.6) is 0 Å². The lowest BCUT2D eigenvalue weighted by Gasteiger charge is -2.30. The second-order valence-corrected chi connectivity index (χ2v) is 7.76. The molecule has 1 aromatic heterocycles. The molecule has 0 spiro atoms. The molecule has 2 N–H and O–H groups in total. The molecule has 0 unspecified atom stereocenters. The van der Waals surface area contributed by atoms with Gasteiger partial charge in [-0.05, 0) is 44.0 Å². The number of rotatable bonds is 8. The maximum atomic E-state index is 12.5. The summed E-state index contributed by atoms with van der Waals surface area (Å²) in [6, 6.07) is 9.36. The monoisotopic (exact) mass is 417 g/mol. The Hall–Kier alpha value is -2.38. The number of carbonyl (C=O) groups excluding carboxylic acids is 2. The molecule has 0 bridgehead atoms. The Morgan fingerprint density at radius 1 is 1.21 bits per heavy atom. The third kappa shape index (κ3) is 6.05. The number of benzene rings is 1. The number of piperidine rings is 1. The highest BCUT2D eigenvalue weighted by Crippen LogP contribution is 2.19. The highest BCUT2D eigenvalue weighted by atomic mass is 35.5. The molecule has 1 fully saturated rings. The summed E-state index contributed by atoms with van der Waals surface area (Å²) in [6.07, 6.45) is 4.17. The number of carbonyl (C=O) groups is 2. The standard InChI is InChI=1S/C21H28ClN5O2/c1-2-10-23-21(29)16-8-12-26(13-9-16)15-20(28)25-19-7-11-24-27(19)14-17-5-3-4-6-18(17)22/h3-7,11,16H,2,8-10,12-15H2,1H3,(H,23,29)(H,25,28). The van der Waals surface area contributed by atoms with Crippen molar-refractivity contribution >= 4 is 29.2 Å². The van der Waals surface area contributed by atoms with Gasteiger partial charge in [-0.15, -0.1) is 0 Å². The molecule has 0 atom stereocenters. The Kier molecular flexibility index (Phi) is 7.66. The van der Waals surface area contributed by atoms with E-state index in [-0.39, 0.29) is 17.7 Å². The zero-order valence-electron chi connectivity index (χ0n) is 16.7. The van der Waals surface area contributed by atoms with E-state index < -0.39 is 0 Å². The molecule has 156 valence electrons. The van der Waals surface area contributed by atoms with Crippen LogP contribution < -0.4 is 10.6 Å². The van der Waals surface area contributed by atoms with Gasteiger partial charge in [0.1, 0.15) is 5.82 Å². The van der Waals surface area contributed by atoms with E-state index in [9.17, 15) is 9.59 Å². The van der Waals surface area contributed by atoms with Crippen molar-refractivity contribution in [2.24, 2.45) is 5.92 Å². The Bertz CT molecular complexity index is 830. The van der Waals surface area contributed by atoms with Gasteiger partial charge in [-0.3, -0.25) is 14.5 Å². The van der Waals surface area contributed by atoms with Crippen molar-refractivity contribution in [3.63, 3.8) is 0 Å². The predicted molar refractivity (Wildman–Crippen MR) is 114 cm³/mol. The largest absolute Gasteiger partial charge is 0.356 e. The number of halogens is 1. The van der Waals surface area contributed by atoms with Crippen LogP contribution in [0.4, 0.5) is 5.82 Å². The summed E-state index contributed by atoms with van der Waals surface area (Å²) in [7, 11) is 0. The number of anilines is 1. The zero-order chi connectivity index (χ0) is 20.6. The van der Waals surface area contributed by atoms with Gasteiger partial charge < -0.3 is 10.6 Å². The fourth-order valence-corrected chi connectivity index (χ4v) is 3.68. The average molecular weight is 418 g/mol. The molecule has 0 radical (unpaired) electrons. The average Bonchev–Trinajstić information content (AvgIpc) is 3.15. The van der Waals surface area contributed by atoms with Gasteiger partial charge in [0.15, 0.2) is 0 Å². The van der Waals surface area contributed by atoms with E-state index in [1.165, 1.54) is 0 Å². The fourth-order valence-electron chi connectivity index (χ4n) is 3.48. The highest BCUT2D eigenvalue weighted by molar-refractivity contribution is 6.31. The highest BCUT2D eigenvalue weighted by Gasteiger charge is 2.25. The number of hydrogen-bond donors (Lipinski definition) is 2. The molecular weight excluding hydrogens is 390 g/mol. The molecule has 0 aliphatic carbocycles. The minimum Gasteiger partial charge on any atom is -0.356 e. The lowest BCUT2D eigenvalue weighted by Crippen LogP contribution is -2.43. The van der Waals surface area contributed by atoms with Crippen LogP contribution in [-0.2, 0) is 16.1 Å². The summed E-state index contributed by atoms with van der Waals surface area (Å²) in [5, 5.41) is 10.9. The van der Waals surface area contributed by atoms with Crippen LogP contribution in [-0.4, -0.2) is 52.7 Å². The van der Waals surface area contributed by atoms with Gasteiger partial charge in [0.05, 0.1) is 19.3 Å². The normalized spacial score (nSPS) is 15.2.